The fraction of sp³-hybridized carbons (Fsp3) is 0.353. The number of oxazole rings is 1. The number of hydrogen-bond donors (Lipinski definition) is 1. The molecule has 0 unspecified atom stereocenters. The molecule has 1 fully saturated rings. The van der Waals surface area contributed by atoms with Gasteiger partial charge in [-0.15, -0.1) is 0 Å². The molecule has 0 saturated heterocycles. The Kier molecular flexibility index (Phi) is 3.67. The first kappa shape index (κ1) is 15.3. The Hall–Kier alpha value is -2.63. The monoisotopic (exact) mass is 315 g/mol. The smallest absolute Gasteiger partial charge is 0.419 e. The van der Waals surface area contributed by atoms with Crippen molar-refractivity contribution in [2.75, 3.05) is 0 Å². The highest BCUT2D eigenvalue weighted by atomic mass is 16.4. The molecule has 1 N–H and O–H groups in total. The lowest BCUT2D eigenvalue weighted by Gasteiger charge is -2.15. The molecule has 1 heterocycles. The highest BCUT2D eigenvalue weighted by molar-refractivity contribution is 6.25. The van der Waals surface area contributed by atoms with Crippen LogP contribution in [0, 0.1) is 6.92 Å². The van der Waals surface area contributed by atoms with E-state index in [-0.39, 0.29) is 35.7 Å². The highest BCUT2D eigenvalue weighted by Gasteiger charge is 2.28. The van der Waals surface area contributed by atoms with Gasteiger partial charge in [-0.2, -0.15) is 0 Å². The summed E-state index contributed by atoms with van der Waals surface area (Å²) in [5, 5.41) is 10.5. The molecule has 1 aliphatic carbocycles. The van der Waals surface area contributed by atoms with Gasteiger partial charge in [-0.1, -0.05) is 0 Å². The normalized spacial score (nSPS) is 15.5. The van der Waals surface area contributed by atoms with Gasteiger partial charge in [0.25, 0.3) is 0 Å². The number of fused-ring (bicyclic) bond motifs is 1. The minimum Gasteiger partial charge on any atom is -0.506 e. The van der Waals surface area contributed by atoms with E-state index in [0.717, 1.165) is 0 Å². The van der Waals surface area contributed by atoms with Crippen molar-refractivity contribution in [1.29, 1.82) is 0 Å². The van der Waals surface area contributed by atoms with E-state index in [1.54, 1.807) is 19.1 Å². The first-order chi connectivity index (χ1) is 11.0. The number of aliphatic hydroxyl groups is 1. The van der Waals surface area contributed by atoms with Gasteiger partial charge in [0.15, 0.2) is 17.1 Å². The SMILES string of the molecule is CCn1c(=O)oc2ccc(C(O)=C3C(=O)CCCC3=O)c(C)c21. The van der Waals surface area contributed by atoms with Crippen LogP contribution in [0.4, 0.5) is 0 Å². The van der Waals surface area contributed by atoms with E-state index in [9.17, 15) is 19.5 Å². The molecule has 23 heavy (non-hydrogen) atoms. The topological polar surface area (TPSA) is 89.5 Å². The molecule has 0 radical (unpaired) electrons. The summed E-state index contributed by atoms with van der Waals surface area (Å²) in [6.07, 6.45) is 1.04. The molecule has 1 aromatic heterocycles. The van der Waals surface area contributed by atoms with E-state index in [0.29, 0.717) is 35.2 Å². The largest absolute Gasteiger partial charge is 0.506 e. The minimum atomic E-state index is -0.472. The van der Waals surface area contributed by atoms with E-state index >= 15 is 0 Å². The standard InChI is InChI=1S/C17H17NO5/c1-3-18-15-9(2)10(7-8-13(15)23-17(18)22)16(21)14-11(19)5-4-6-12(14)20/h7-8,21H,3-6H2,1-2H3. The Labute approximate surface area is 132 Å². The molecule has 0 spiro atoms. The summed E-state index contributed by atoms with van der Waals surface area (Å²) >= 11 is 0. The zero-order chi connectivity index (χ0) is 16.7. The second-order valence-electron chi connectivity index (χ2n) is 5.62. The zero-order valence-electron chi connectivity index (χ0n) is 13.0. The van der Waals surface area contributed by atoms with Crippen molar-refractivity contribution in [1.82, 2.24) is 4.57 Å². The van der Waals surface area contributed by atoms with Crippen molar-refractivity contribution >= 4 is 28.4 Å². The number of carbonyl (C=O) groups excluding carboxylic acids is 2. The lowest BCUT2D eigenvalue weighted by molar-refractivity contribution is -0.123. The quantitative estimate of drug-likeness (QED) is 0.522. The number of aromatic nitrogens is 1. The van der Waals surface area contributed by atoms with Crippen molar-refractivity contribution in [2.24, 2.45) is 0 Å². The first-order valence-electron chi connectivity index (χ1n) is 7.58. The van der Waals surface area contributed by atoms with Crippen LogP contribution in [0.3, 0.4) is 0 Å². The van der Waals surface area contributed by atoms with Gasteiger partial charge in [0.1, 0.15) is 11.3 Å². The lowest BCUT2D eigenvalue weighted by atomic mass is 9.89. The zero-order valence-corrected chi connectivity index (χ0v) is 13.0. The number of ketones is 2. The van der Waals surface area contributed by atoms with Crippen molar-refractivity contribution in [2.45, 2.75) is 39.7 Å². The highest BCUT2D eigenvalue weighted by Crippen LogP contribution is 2.30. The second kappa shape index (κ2) is 5.53. The summed E-state index contributed by atoms with van der Waals surface area (Å²) in [5.74, 6) is -1.45. The summed E-state index contributed by atoms with van der Waals surface area (Å²) in [7, 11) is 0. The molecule has 1 aliphatic rings. The molecule has 0 bridgehead atoms. The van der Waals surface area contributed by atoms with Gasteiger partial charge >= 0.3 is 5.76 Å². The number of hydrogen-bond acceptors (Lipinski definition) is 5. The third kappa shape index (κ3) is 2.30. The van der Waals surface area contributed by atoms with Gasteiger partial charge in [0, 0.05) is 24.9 Å². The first-order valence-corrected chi connectivity index (χ1v) is 7.58. The molecular formula is C17H17NO5. The van der Waals surface area contributed by atoms with Gasteiger partial charge in [0.05, 0.1) is 5.52 Å². The van der Waals surface area contributed by atoms with E-state index in [1.807, 2.05) is 6.92 Å². The van der Waals surface area contributed by atoms with Crippen LogP contribution in [0.2, 0.25) is 0 Å². The third-order valence-electron chi connectivity index (χ3n) is 4.26. The number of rotatable bonds is 2. The molecule has 3 rings (SSSR count). The average Bonchev–Trinajstić information content (AvgIpc) is 2.83. The van der Waals surface area contributed by atoms with Crippen LogP contribution in [0.5, 0.6) is 0 Å². The fourth-order valence-electron chi connectivity index (χ4n) is 3.09. The van der Waals surface area contributed by atoms with Crippen LogP contribution >= 0.6 is 0 Å². The Morgan fingerprint density at radius 1 is 1.22 bits per heavy atom. The molecule has 120 valence electrons. The van der Waals surface area contributed by atoms with Gasteiger partial charge < -0.3 is 9.52 Å². The van der Waals surface area contributed by atoms with Gasteiger partial charge in [-0.05, 0) is 38.0 Å². The Bertz CT molecular complexity index is 895. The van der Waals surface area contributed by atoms with Gasteiger partial charge in [0.2, 0.25) is 0 Å². The van der Waals surface area contributed by atoms with E-state index in [1.165, 1.54) is 4.57 Å². The van der Waals surface area contributed by atoms with E-state index in [4.69, 9.17) is 4.42 Å². The summed E-state index contributed by atoms with van der Waals surface area (Å²) in [6, 6.07) is 3.14. The fourth-order valence-corrected chi connectivity index (χ4v) is 3.09. The Morgan fingerprint density at radius 3 is 2.48 bits per heavy atom. The molecule has 1 saturated carbocycles. The minimum absolute atomic E-state index is 0.132. The molecule has 2 aromatic rings. The maximum absolute atomic E-state index is 12.0. The van der Waals surface area contributed by atoms with Crippen LogP contribution in [-0.4, -0.2) is 21.2 Å². The number of aryl methyl sites for hydroxylation is 2. The van der Waals surface area contributed by atoms with Crippen molar-refractivity contribution < 1.29 is 19.1 Å². The number of aliphatic hydroxyl groups excluding tert-OH is 1. The Morgan fingerprint density at radius 2 is 1.87 bits per heavy atom. The molecule has 1 aromatic carbocycles. The van der Waals surface area contributed by atoms with Crippen LogP contribution in [0.1, 0.15) is 37.3 Å². The summed E-state index contributed by atoms with van der Waals surface area (Å²) in [4.78, 5) is 35.8. The van der Waals surface area contributed by atoms with Crippen molar-refractivity contribution in [3.05, 3.63) is 39.4 Å². The Balaban J connectivity index is 2.28. The predicted octanol–water partition coefficient (Wildman–Crippen LogP) is 2.51. The predicted molar refractivity (Wildman–Crippen MR) is 84.3 cm³/mol. The maximum Gasteiger partial charge on any atom is 0.419 e. The van der Waals surface area contributed by atoms with Crippen molar-refractivity contribution in [3.63, 3.8) is 0 Å². The van der Waals surface area contributed by atoms with Gasteiger partial charge in [-0.25, -0.2) is 4.79 Å². The molecule has 0 amide bonds. The van der Waals surface area contributed by atoms with E-state index in [2.05, 4.69) is 0 Å². The maximum atomic E-state index is 12.0. The van der Waals surface area contributed by atoms with Crippen molar-refractivity contribution in [3.8, 4) is 0 Å². The molecule has 6 heteroatoms. The number of allylic oxidation sites excluding steroid dienone is 1. The molecule has 0 atom stereocenters. The van der Waals surface area contributed by atoms with E-state index < -0.39 is 5.76 Å². The number of carbonyl (C=O) groups is 2. The second-order valence-corrected chi connectivity index (χ2v) is 5.62. The average molecular weight is 315 g/mol. The van der Waals surface area contributed by atoms with Crippen LogP contribution in [0.15, 0.2) is 26.9 Å². The molecule has 6 nitrogen and oxygen atoms in total. The molecule has 0 aliphatic heterocycles. The number of Topliss-reactive ketones (excluding diaryl/α,β-unsaturated/α-hetero) is 2. The summed E-state index contributed by atoms with van der Waals surface area (Å²) < 4.78 is 6.62. The summed E-state index contributed by atoms with van der Waals surface area (Å²) in [5.41, 5.74) is 1.83. The third-order valence-corrected chi connectivity index (χ3v) is 4.26. The number of benzene rings is 1. The molecular weight excluding hydrogens is 298 g/mol. The summed E-state index contributed by atoms with van der Waals surface area (Å²) in [6.45, 7) is 3.97. The van der Waals surface area contributed by atoms with Gasteiger partial charge in [-0.3, -0.25) is 14.2 Å². The lowest BCUT2D eigenvalue weighted by Crippen LogP contribution is -2.20. The van der Waals surface area contributed by atoms with Crippen LogP contribution < -0.4 is 5.76 Å². The van der Waals surface area contributed by atoms with Crippen LogP contribution in [-0.2, 0) is 16.1 Å². The van der Waals surface area contributed by atoms with Crippen LogP contribution in [0.25, 0.3) is 16.9 Å². The number of nitrogens with zero attached hydrogens (tertiary/aromatic N) is 1.